The van der Waals surface area contributed by atoms with E-state index in [1.807, 2.05) is 6.07 Å². The first-order valence-electron chi connectivity index (χ1n) is 5.27. The van der Waals surface area contributed by atoms with E-state index in [1.165, 1.54) is 0 Å². The maximum Gasteiger partial charge on any atom is 0.322 e. The van der Waals surface area contributed by atoms with Gasteiger partial charge >= 0.3 is 5.97 Å². The molecule has 1 aromatic carbocycles. The van der Waals surface area contributed by atoms with Crippen molar-refractivity contribution in [1.82, 2.24) is 4.31 Å². The zero-order valence-corrected chi connectivity index (χ0v) is 9.93. The second-order valence-electron chi connectivity index (χ2n) is 3.99. The number of aliphatic carboxylic acids is 1. The highest BCUT2D eigenvalue weighted by molar-refractivity contribution is 7.89. The molecule has 6 heteroatoms. The fourth-order valence-electron chi connectivity index (χ4n) is 1.93. The van der Waals surface area contributed by atoms with Crippen molar-refractivity contribution < 1.29 is 18.3 Å². The second-order valence-corrected chi connectivity index (χ2v) is 6.03. The standard InChI is InChI=1S/C11H13NO4S/c13-11(14)10-6-7-17(15,16)12(10)8-9-4-2-1-3-5-9/h1-5,10H,6-8H2,(H,13,14). The summed E-state index contributed by atoms with van der Waals surface area (Å²) < 4.78 is 24.6. The molecule has 2 rings (SSSR count). The molecule has 0 aliphatic carbocycles. The van der Waals surface area contributed by atoms with Crippen molar-refractivity contribution in [1.29, 1.82) is 0 Å². The Morgan fingerprint density at radius 2 is 2.00 bits per heavy atom. The van der Waals surface area contributed by atoms with Crippen LogP contribution < -0.4 is 0 Å². The third-order valence-corrected chi connectivity index (χ3v) is 4.67. The molecular weight excluding hydrogens is 242 g/mol. The molecule has 0 bridgehead atoms. The van der Waals surface area contributed by atoms with E-state index in [0.717, 1.165) is 9.87 Å². The van der Waals surface area contributed by atoms with Crippen LogP contribution in [0.3, 0.4) is 0 Å². The topological polar surface area (TPSA) is 74.7 Å². The molecule has 0 amide bonds. The first-order chi connectivity index (χ1) is 8.00. The van der Waals surface area contributed by atoms with E-state index in [9.17, 15) is 13.2 Å². The second kappa shape index (κ2) is 4.46. The Morgan fingerprint density at radius 1 is 1.35 bits per heavy atom. The van der Waals surface area contributed by atoms with E-state index in [1.54, 1.807) is 24.3 Å². The summed E-state index contributed by atoms with van der Waals surface area (Å²) in [7, 11) is -3.43. The fraction of sp³-hybridized carbons (Fsp3) is 0.364. The number of hydrogen-bond acceptors (Lipinski definition) is 3. The van der Waals surface area contributed by atoms with Crippen molar-refractivity contribution in [2.45, 2.75) is 19.0 Å². The van der Waals surface area contributed by atoms with Crippen LogP contribution in [0.5, 0.6) is 0 Å². The molecule has 5 nitrogen and oxygen atoms in total. The monoisotopic (exact) mass is 255 g/mol. The van der Waals surface area contributed by atoms with Crippen molar-refractivity contribution in [2.75, 3.05) is 5.75 Å². The Bertz CT molecular complexity index is 512. The molecular formula is C11H13NO4S. The SMILES string of the molecule is O=C(O)C1CCS(=O)(=O)N1Cc1ccccc1. The predicted octanol–water partition coefficient (Wildman–Crippen LogP) is 0.675. The van der Waals surface area contributed by atoms with E-state index in [4.69, 9.17) is 5.11 Å². The smallest absolute Gasteiger partial charge is 0.322 e. The summed E-state index contributed by atoms with van der Waals surface area (Å²) in [5.74, 6) is -1.17. The Morgan fingerprint density at radius 3 is 2.59 bits per heavy atom. The summed E-state index contributed by atoms with van der Waals surface area (Å²) in [6, 6.07) is 8.07. The number of hydrogen-bond donors (Lipinski definition) is 1. The molecule has 1 fully saturated rings. The molecule has 1 unspecified atom stereocenters. The van der Waals surface area contributed by atoms with Crippen LogP contribution in [-0.4, -0.2) is 35.6 Å². The van der Waals surface area contributed by atoms with Crippen LogP contribution in [0.15, 0.2) is 30.3 Å². The highest BCUT2D eigenvalue weighted by Crippen LogP contribution is 2.23. The minimum atomic E-state index is -3.43. The van der Waals surface area contributed by atoms with Gasteiger partial charge in [-0.15, -0.1) is 0 Å². The van der Waals surface area contributed by atoms with E-state index in [0.29, 0.717) is 0 Å². The van der Waals surface area contributed by atoms with Crippen molar-refractivity contribution in [2.24, 2.45) is 0 Å². The molecule has 0 saturated carbocycles. The molecule has 1 aliphatic rings. The average molecular weight is 255 g/mol. The predicted molar refractivity (Wildman–Crippen MR) is 61.8 cm³/mol. The van der Waals surface area contributed by atoms with Crippen molar-refractivity contribution in [3.05, 3.63) is 35.9 Å². The molecule has 0 spiro atoms. The molecule has 0 aromatic heterocycles. The van der Waals surface area contributed by atoms with Crippen LogP contribution in [0.2, 0.25) is 0 Å². The molecule has 1 atom stereocenters. The summed E-state index contributed by atoms with van der Waals surface area (Å²) in [4.78, 5) is 11.0. The Hall–Kier alpha value is -1.40. The number of carbonyl (C=O) groups is 1. The van der Waals surface area contributed by atoms with E-state index in [-0.39, 0.29) is 18.7 Å². The molecule has 1 aliphatic heterocycles. The van der Waals surface area contributed by atoms with Crippen LogP contribution in [0.1, 0.15) is 12.0 Å². The van der Waals surface area contributed by atoms with Gasteiger partial charge in [0.15, 0.2) is 0 Å². The van der Waals surface area contributed by atoms with Crippen molar-refractivity contribution >= 4 is 16.0 Å². The summed E-state index contributed by atoms with van der Waals surface area (Å²) in [5.41, 5.74) is 0.796. The highest BCUT2D eigenvalue weighted by Gasteiger charge is 2.41. The van der Waals surface area contributed by atoms with E-state index >= 15 is 0 Å². The first-order valence-corrected chi connectivity index (χ1v) is 6.88. The van der Waals surface area contributed by atoms with Gasteiger partial charge in [-0.25, -0.2) is 8.42 Å². The Labute approximate surface area is 99.7 Å². The lowest BCUT2D eigenvalue weighted by molar-refractivity contribution is -0.141. The summed E-state index contributed by atoms with van der Waals surface area (Å²) in [6.07, 6.45) is 0.157. The minimum absolute atomic E-state index is 0.0865. The van der Waals surface area contributed by atoms with Gasteiger partial charge in [0.05, 0.1) is 5.75 Å². The quantitative estimate of drug-likeness (QED) is 0.861. The number of benzene rings is 1. The molecule has 1 aromatic rings. The Kier molecular flexibility index (Phi) is 3.17. The lowest BCUT2D eigenvalue weighted by Gasteiger charge is -2.19. The molecule has 1 heterocycles. The summed E-state index contributed by atoms with van der Waals surface area (Å²) in [5, 5.41) is 8.99. The number of carboxylic acids is 1. The molecule has 1 saturated heterocycles. The van der Waals surface area contributed by atoms with Crippen molar-refractivity contribution in [3.8, 4) is 0 Å². The van der Waals surface area contributed by atoms with E-state index in [2.05, 4.69) is 0 Å². The fourth-order valence-corrected chi connectivity index (χ4v) is 3.62. The average Bonchev–Trinajstić information content (AvgIpc) is 2.56. The number of carboxylic acid groups (broad SMARTS) is 1. The molecule has 92 valence electrons. The van der Waals surface area contributed by atoms with Crippen LogP contribution >= 0.6 is 0 Å². The number of rotatable bonds is 3. The maximum absolute atomic E-state index is 11.7. The van der Waals surface area contributed by atoms with Crippen LogP contribution in [-0.2, 0) is 21.4 Å². The zero-order chi connectivity index (χ0) is 12.5. The van der Waals surface area contributed by atoms with Gasteiger partial charge in [0.25, 0.3) is 0 Å². The highest BCUT2D eigenvalue weighted by atomic mass is 32.2. The van der Waals surface area contributed by atoms with Gasteiger partial charge in [0, 0.05) is 6.54 Å². The summed E-state index contributed by atoms with van der Waals surface area (Å²) in [6.45, 7) is 0.125. The van der Waals surface area contributed by atoms with Gasteiger partial charge in [-0.3, -0.25) is 4.79 Å². The third kappa shape index (κ3) is 2.48. The van der Waals surface area contributed by atoms with Crippen LogP contribution in [0.4, 0.5) is 0 Å². The van der Waals surface area contributed by atoms with Crippen molar-refractivity contribution in [3.63, 3.8) is 0 Å². The minimum Gasteiger partial charge on any atom is -0.480 e. The summed E-state index contributed by atoms with van der Waals surface area (Å²) >= 11 is 0. The normalized spacial score (nSPS) is 23.6. The van der Waals surface area contributed by atoms with Gasteiger partial charge in [-0.1, -0.05) is 30.3 Å². The number of sulfonamides is 1. The first kappa shape index (κ1) is 12.1. The zero-order valence-electron chi connectivity index (χ0n) is 9.11. The third-order valence-electron chi connectivity index (χ3n) is 2.82. The lowest BCUT2D eigenvalue weighted by atomic mass is 10.2. The van der Waals surface area contributed by atoms with E-state index < -0.39 is 22.0 Å². The maximum atomic E-state index is 11.7. The van der Waals surface area contributed by atoms with Gasteiger partial charge in [-0.2, -0.15) is 4.31 Å². The van der Waals surface area contributed by atoms with Gasteiger partial charge in [0.1, 0.15) is 6.04 Å². The van der Waals surface area contributed by atoms with Crippen LogP contribution in [0, 0.1) is 0 Å². The molecule has 17 heavy (non-hydrogen) atoms. The molecule has 0 radical (unpaired) electrons. The van der Waals surface area contributed by atoms with Crippen LogP contribution in [0.25, 0.3) is 0 Å². The molecule has 1 N–H and O–H groups in total. The van der Waals surface area contributed by atoms with Gasteiger partial charge < -0.3 is 5.11 Å². The lowest BCUT2D eigenvalue weighted by Crippen LogP contribution is -2.37. The Balaban J connectivity index is 2.25. The largest absolute Gasteiger partial charge is 0.480 e. The van der Waals surface area contributed by atoms with Gasteiger partial charge in [0.2, 0.25) is 10.0 Å². The number of nitrogens with zero attached hydrogens (tertiary/aromatic N) is 1. The van der Waals surface area contributed by atoms with Gasteiger partial charge in [-0.05, 0) is 12.0 Å².